The zero-order valence-corrected chi connectivity index (χ0v) is 9.68. The maximum Gasteiger partial charge on any atom is 0.152 e. The number of carbonyl (C=O) groups is 1. The molecule has 0 aliphatic carbocycles. The number of rotatable bonds is 2. The minimum absolute atomic E-state index is 0.288. The van der Waals surface area contributed by atoms with Gasteiger partial charge in [0.05, 0.1) is 6.54 Å². The van der Waals surface area contributed by atoms with Crippen molar-refractivity contribution in [1.82, 2.24) is 9.97 Å². The van der Waals surface area contributed by atoms with Crippen LogP contribution in [0.2, 0.25) is 0 Å². The summed E-state index contributed by atoms with van der Waals surface area (Å²) in [4.78, 5) is 23.7. The van der Waals surface area contributed by atoms with Gasteiger partial charge in [-0.3, -0.25) is 4.79 Å². The number of hydrogen-bond acceptors (Lipinski definition) is 5. The van der Waals surface area contributed by atoms with Crippen LogP contribution in [0.15, 0.2) is 12.4 Å². The van der Waals surface area contributed by atoms with E-state index in [2.05, 4.69) is 9.97 Å². The average molecular weight is 220 g/mol. The van der Waals surface area contributed by atoms with Crippen LogP contribution in [0.4, 0.5) is 11.6 Å². The Bertz CT molecular complexity index is 391. The van der Waals surface area contributed by atoms with Crippen molar-refractivity contribution in [3.63, 3.8) is 0 Å². The number of Topliss-reactive ketones (excluding diaryl/α,β-unsaturated/α-hetero) is 1. The zero-order valence-electron chi connectivity index (χ0n) is 9.68. The van der Waals surface area contributed by atoms with Gasteiger partial charge in [-0.15, -0.1) is 0 Å². The van der Waals surface area contributed by atoms with E-state index in [9.17, 15) is 4.79 Å². The van der Waals surface area contributed by atoms with Gasteiger partial charge in [-0.25, -0.2) is 9.97 Å². The predicted octanol–water partition coefficient (Wildman–Crippen LogP) is 0.712. The van der Waals surface area contributed by atoms with Gasteiger partial charge >= 0.3 is 0 Å². The molecule has 0 N–H and O–H groups in total. The molecule has 0 bridgehead atoms. The molecule has 5 nitrogen and oxygen atoms in total. The van der Waals surface area contributed by atoms with Gasteiger partial charge in [-0.2, -0.15) is 0 Å². The second kappa shape index (κ2) is 4.47. The number of anilines is 2. The average Bonchev–Trinajstić information content (AvgIpc) is 2.29. The third-order valence-electron chi connectivity index (χ3n) is 2.67. The highest BCUT2D eigenvalue weighted by molar-refractivity contribution is 5.84. The monoisotopic (exact) mass is 220 g/mol. The maximum absolute atomic E-state index is 11.4. The highest BCUT2D eigenvalue weighted by Gasteiger charge is 2.18. The van der Waals surface area contributed by atoms with Crippen molar-refractivity contribution in [3.05, 3.63) is 12.4 Å². The second-order valence-corrected chi connectivity index (χ2v) is 4.19. The van der Waals surface area contributed by atoms with Crippen molar-refractivity contribution < 1.29 is 4.79 Å². The first kappa shape index (κ1) is 10.9. The van der Waals surface area contributed by atoms with Crippen LogP contribution >= 0.6 is 0 Å². The number of nitrogens with zero attached hydrogens (tertiary/aromatic N) is 4. The molecule has 86 valence electrons. The van der Waals surface area contributed by atoms with Crippen LogP contribution in [0.3, 0.4) is 0 Å². The zero-order chi connectivity index (χ0) is 11.5. The van der Waals surface area contributed by atoms with Crippen LogP contribution in [0.25, 0.3) is 0 Å². The van der Waals surface area contributed by atoms with E-state index in [4.69, 9.17) is 0 Å². The molecule has 0 amide bonds. The van der Waals surface area contributed by atoms with Crippen molar-refractivity contribution in [2.45, 2.75) is 12.8 Å². The van der Waals surface area contributed by atoms with Crippen molar-refractivity contribution in [2.24, 2.45) is 0 Å². The van der Waals surface area contributed by atoms with Crippen molar-refractivity contribution in [1.29, 1.82) is 0 Å². The Morgan fingerprint density at radius 2 is 2.19 bits per heavy atom. The Morgan fingerprint density at radius 3 is 2.88 bits per heavy atom. The summed E-state index contributed by atoms with van der Waals surface area (Å²) in [7, 11) is 3.88. The summed E-state index contributed by atoms with van der Waals surface area (Å²) in [5, 5.41) is 0. The minimum atomic E-state index is 0.288. The largest absolute Gasteiger partial charge is 0.363 e. The Labute approximate surface area is 95.1 Å². The standard InChI is InChI=1S/C11H16N4O/c1-14(2)10-6-11(13-8-12-10)15-5-3-4-9(16)7-15/h6,8H,3-5,7H2,1-2H3. The fourth-order valence-corrected chi connectivity index (χ4v) is 1.79. The fourth-order valence-electron chi connectivity index (χ4n) is 1.79. The van der Waals surface area contributed by atoms with Gasteiger partial charge in [0.25, 0.3) is 0 Å². The van der Waals surface area contributed by atoms with Crippen molar-refractivity contribution in [2.75, 3.05) is 37.0 Å². The van der Waals surface area contributed by atoms with Crippen molar-refractivity contribution in [3.8, 4) is 0 Å². The van der Waals surface area contributed by atoms with Crippen LogP contribution in [-0.2, 0) is 4.79 Å². The van der Waals surface area contributed by atoms with Gasteiger partial charge in [0, 0.05) is 33.1 Å². The molecule has 5 heteroatoms. The molecule has 1 aromatic heterocycles. The summed E-state index contributed by atoms with van der Waals surface area (Å²) in [6.07, 6.45) is 3.16. The fraction of sp³-hybridized carbons (Fsp3) is 0.545. The van der Waals surface area contributed by atoms with Crippen LogP contribution < -0.4 is 9.80 Å². The Morgan fingerprint density at radius 1 is 1.38 bits per heavy atom. The Balaban J connectivity index is 2.19. The number of aromatic nitrogens is 2. The topological polar surface area (TPSA) is 49.3 Å². The molecule has 2 rings (SSSR count). The number of piperidine rings is 1. The summed E-state index contributed by atoms with van der Waals surface area (Å²) in [6.45, 7) is 1.37. The summed E-state index contributed by atoms with van der Waals surface area (Å²) in [5.41, 5.74) is 0. The molecular weight excluding hydrogens is 204 g/mol. The summed E-state index contributed by atoms with van der Waals surface area (Å²) in [5.74, 6) is 1.99. The van der Waals surface area contributed by atoms with Crippen molar-refractivity contribution >= 4 is 17.4 Å². The van der Waals surface area contributed by atoms with Gasteiger partial charge in [-0.1, -0.05) is 0 Å². The molecule has 16 heavy (non-hydrogen) atoms. The van der Waals surface area contributed by atoms with Crippen LogP contribution in [-0.4, -0.2) is 42.9 Å². The summed E-state index contributed by atoms with van der Waals surface area (Å²) < 4.78 is 0. The number of hydrogen-bond donors (Lipinski definition) is 0. The number of ketones is 1. The molecule has 0 atom stereocenters. The Hall–Kier alpha value is -1.65. The first-order valence-corrected chi connectivity index (χ1v) is 5.43. The summed E-state index contributed by atoms with van der Waals surface area (Å²) in [6, 6.07) is 1.92. The normalized spacial score (nSPS) is 16.4. The lowest BCUT2D eigenvalue weighted by Crippen LogP contribution is -2.36. The van der Waals surface area contributed by atoms with Gasteiger partial charge in [0.1, 0.15) is 18.0 Å². The SMILES string of the molecule is CN(C)c1cc(N2CCCC(=O)C2)ncn1. The van der Waals surface area contributed by atoms with Gasteiger partial charge in [0.2, 0.25) is 0 Å². The van der Waals surface area contributed by atoms with E-state index < -0.39 is 0 Å². The molecule has 1 aliphatic rings. The van der Waals surface area contributed by atoms with Gasteiger partial charge < -0.3 is 9.80 Å². The van der Waals surface area contributed by atoms with Crippen LogP contribution in [0.5, 0.6) is 0 Å². The number of carbonyl (C=O) groups excluding carboxylic acids is 1. The molecule has 0 spiro atoms. The molecule has 1 aliphatic heterocycles. The van der Waals surface area contributed by atoms with Crippen LogP contribution in [0.1, 0.15) is 12.8 Å². The second-order valence-electron chi connectivity index (χ2n) is 4.19. The van der Waals surface area contributed by atoms with E-state index in [1.165, 1.54) is 0 Å². The Kier molecular flexibility index (Phi) is 3.03. The first-order valence-electron chi connectivity index (χ1n) is 5.43. The van der Waals surface area contributed by atoms with E-state index in [-0.39, 0.29) is 5.78 Å². The van der Waals surface area contributed by atoms with Crippen LogP contribution in [0, 0.1) is 0 Å². The third-order valence-corrected chi connectivity index (χ3v) is 2.67. The quantitative estimate of drug-likeness (QED) is 0.734. The minimum Gasteiger partial charge on any atom is -0.363 e. The highest BCUT2D eigenvalue weighted by atomic mass is 16.1. The van der Waals surface area contributed by atoms with E-state index in [0.29, 0.717) is 13.0 Å². The predicted molar refractivity (Wildman–Crippen MR) is 62.8 cm³/mol. The molecule has 0 radical (unpaired) electrons. The van der Waals surface area contributed by atoms with E-state index in [1.54, 1.807) is 6.33 Å². The maximum atomic E-state index is 11.4. The lowest BCUT2D eigenvalue weighted by molar-refractivity contribution is -0.118. The molecule has 1 saturated heterocycles. The van der Waals surface area contributed by atoms with E-state index >= 15 is 0 Å². The first-order chi connectivity index (χ1) is 7.66. The van der Waals surface area contributed by atoms with Gasteiger partial charge in [0.15, 0.2) is 5.78 Å². The third kappa shape index (κ3) is 2.29. The molecule has 0 saturated carbocycles. The van der Waals surface area contributed by atoms with E-state index in [1.807, 2.05) is 30.0 Å². The molecule has 1 aromatic rings. The molecule has 0 aromatic carbocycles. The lowest BCUT2D eigenvalue weighted by atomic mass is 10.1. The van der Waals surface area contributed by atoms with E-state index in [0.717, 1.165) is 24.6 Å². The van der Waals surface area contributed by atoms with Gasteiger partial charge in [-0.05, 0) is 6.42 Å². The molecular formula is C11H16N4O. The molecule has 1 fully saturated rings. The molecule has 2 heterocycles. The molecule has 0 unspecified atom stereocenters. The smallest absolute Gasteiger partial charge is 0.152 e. The highest BCUT2D eigenvalue weighted by Crippen LogP contribution is 2.18. The summed E-state index contributed by atoms with van der Waals surface area (Å²) >= 11 is 0. The lowest BCUT2D eigenvalue weighted by Gasteiger charge is -2.27.